The maximum absolute atomic E-state index is 9.27. The Bertz CT molecular complexity index is 326. The largest absolute Gasteiger partial charge is 0.508 e. The number of rotatable bonds is 2. The highest BCUT2D eigenvalue weighted by Crippen LogP contribution is 2.22. The van der Waals surface area contributed by atoms with Crippen LogP contribution in [0.1, 0.15) is 24.8 Å². The minimum absolute atomic E-state index is 0.371. The Balaban J connectivity index is 2.09. The molecule has 1 aromatic carbocycles. The number of benzene rings is 1. The third-order valence-corrected chi connectivity index (χ3v) is 2.48. The first-order valence-electron chi connectivity index (χ1n) is 4.80. The molecule has 0 spiro atoms. The Morgan fingerprint density at radius 2 is 2.23 bits per heavy atom. The summed E-state index contributed by atoms with van der Waals surface area (Å²) in [6.07, 6.45) is 7.09. The molecule has 0 aromatic heterocycles. The highest BCUT2D eigenvalue weighted by atomic mass is 16.3. The molecule has 13 heavy (non-hydrogen) atoms. The molecule has 1 aliphatic rings. The van der Waals surface area contributed by atoms with Crippen LogP contribution in [-0.4, -0.2) is 5.11 Å². The molecule has 0 amide bonds. The molecule has 68 valence electrons. The van der Waals surface area contributed by atoms with Gasteiger partial charge in [-0.3, -0.25) is 0 Å². The molecule has 2 rings (SSSR count). The Morgan fingerprint density at radius 3 is 2.92 bits per heavy atom. The number of phenolic OH excluding ortho intramolecular Hbond substituents is 1. The average Bonchev–Trinajstić information content (AvgIpc) is 2.57. The van der Waals surface area contributed by atoms with Crippen molar-refractivity contribution < 1.29 is 5.11 Å². The molecule has 0 heterocycles. The Morgan fingerprint density at radius 1 is 1.31 bits per heavy atom. The molecule has 0 atom stereocenters. The van der Waals surface area contributed by atoms with Crippen LogP contribution in [0.25, 0.3) is 0 Å². The van der Waals surface area contributed by atoms with Gasteiger partial charge in [0.25, 0.3) is 0 Å². The summed E-state index contributed by atoms with van der Waals surface area (Å²) in [7, 11) is 0. The van der Waals surface area contributed by atoms with E-state index in [1.165, 1.54) is 30.4 Å². The van der Waals surface area contributed by atoms with Crippen molar-refractivity contribution in [2.24, 2.45) is 0 Å². The van der Waals surface area contributed by atoms with Crippen LogP contribution >= 0.6 is 0 Å². The third kappa shape index (κ3) is 2.11. The zero-order valence-corrected chi connectivity index (χ0v) is 7.66. The molecule has 0 unspecified atom stereocenters. The Kier molecular flexibility index (Phi) is 2.35. The number of allylic oxidation sites excluding steroid dienone is 2. The van der Waals surface area contributed by atoms with Crippen LogP contribution in [0.4, 0.5) is 0 Å². The molecule has 0 fully saturated rings. The molecule has 1 aliphatic carbocycles. The molecule has 0 bridgehead atoms. The second kappa shape index (κ2) is 3.65. The van der Waals surface area contributed by atoms with Crippen LogP contribution < -0.4 is 0 Å². The lowest BCUT2D eigenvalue weighted by atomic mass is 10.0. The minimum Gasteiger partial charge on any atom is -0.508 e. The van der Waals surface area contributed by atoms with E-state index in [4.69, 9.17) is 0 Å². The molecule has 1 heteroatoms. The Labute approximate surface area is 78.7 Å². The van der Waals surface area contributed by atoms with Crippen molar-refractivity contribution in [2.75, 3.05) is 0 Å². The summed E-state index contributed by atoms with van der Waals surface area (Å²) in [5.41, 5.74) is 2.73. The van der Waals surface area contributed by atoms with Gasteiger partial charge in [0.1, 0.15) is 5.75 Å². The minimum atomic E-state index is 0.371. The lowest BCUT2D eigenvalue weighted by Gasteiger charge is -2.02. The average molecular weight is 174 g/mol. The molecule has 0 aliphatic heterocycles. The second-order valence-corrected chi connectivity index (χ2v) is 3.60. The number of aromatic hydroxyl groups is 1. The van der Waals surface area contributed by atoms with Crippen LogP contribution in [0.15, 0.2) is 35.9 Å². The van der Waals surface area contributed by atoms with Crippen molar-refractivity contribution in [3.63, 3.8) is 0 Å². The molecule has 1 nitrogen and oxygen atoms in total. The van der Waals surface area contributed by atoms with E-state index in [1.54, 1.807) is 6.07 Å². The molecular weight excluding hydrogens is 160 g/mol. The monoisotopic (exact) mass is 174 g/mol. The van der Waals surface area contributed by atoms with Crippen LogP contribution in [0.5, 0.6) is 5.75 Å². The quantitative estimate of drug-likeness (QED) is 0.683. The van der Waals surface area contributed by atoms with Gasteiger partial charge in [-0.15, -0.1) is 0 Å². The first-order chi connectivity index (χ1) is 6.34. The van der Waals surface area contributed by atoms with Gasteiger partial charge in [0.15, 0.2) is 0 Å². The zero-order valence-electron chi connectivity index (χ0n) is 7.66. The van der Waals surface area contributed by atoms with Crippen molar-refractivity contribution in [3.8, 4) is 5.75 Å². The van der Waals surface area contributed by atoms with Gasteiger partial charge in [-0.25, -0.2) is 0 Å². The van der Waals surface area contributed by atoms with Gasteiger partial charge in [-0.05, 0) is 43.4 Å². The van der Waals surface area contributed by atoms with E-state index in [0.717, 1.165) is 6.42 Å². The van der Waals surface area contributed by atoms with Crippen molar-refractivity contribution in [1.82, 2.24) is 0 Å². The predicted octanol–water partition coefficient (Wildman–Crippen LogP) is 3.05. The van der Waals surface area contributed by atoms with Gasteiger partial charge in [0.05, 0.1) is 0 Å². The molecule has 0 radical (unpaired) electrons. The predicted molar refractivity (Wildman–Crippen MR) is 53.7 cm³/mol. The SMILES string of the molecule is Oc1cccc(CC2=CCCC2)c1. The smallest absolute Gasteiger partial charge is 0.115 e. The van der Waals surface area contributed by atoms with Gasteiger partial charge >= 0.3 is 0 Å². The van der Waals surface area contributed by atoms with Crippen molar-refractivity contribution in [3.05, 3.63) is 41.5 Å². The Hall–Kier alpha value is -1.24. The summed E-state index contributed by atoms with van der Waals surface area (Å²) in [6, 6.07) is 7.53. The summed E-state index contributed by atoms with van der Waals surface area (Å²) < 4.78 is 0. The first kappa shape index (κ1) is 8.36. The van der Waals surface area contributed by atoms with Crippen LogP contribution in [-0.2, 0) is 6.42 Å². The molecular formula is C12H14O. The van der Waals surface area contributed by atoms with E-state index in [9.17, 15) is 5.11 Å². The highest BCUT2D eigenvalue weighted by Gasteiger charge is 2.05. The van der Waals surface area contributed by atoms with Crippen molar-refractivity contribution in [1.29, 1.82) is 0 Å². The van der Waals surface area contributed by atoms with Gasteiger partial charge in [0.2, 0.25) is 0 Å². The maximum atomic E-state index is 9.27. The fraction of sp³-hybridized carbons (Fsp3) is 0.333. The molecule has 1 aromatic rings. The highest BCUT2D eigenvalue weighted by molar-refractivity contribution is 5.30. The standard InChI is InChI=1S/C12H14O/c13-12-7-3-6-11(9-12)8-10-4-1-2-5-10/h3-4,6-7,9,13H,1-2,5,8H2. The zero-order chi connectivity index (χ0) is 9.10. The maximum Gasteiger partial charge on any atom is 0.115 e. The summed E-state index contributed by atoms with van der Waals surface area (Å²) in [5, 5.41) is 9.27. The third-order valence-electron chi connectivity index (χ3n) is 2.48. The molecule has 1 N–H and O–H groups in total. The molecule has 0 saturated heterocycles. The topological polar surface area (TPSA) is 20.2 Å². The van der Waals surface area contributed by atoms with Gasteiger partial charge in [-0.1, -0.05) is 23.8 Å². The van der Waals surface area contributed by atoms with Crippen LogP contribution in [0.3, 0.4) is 0 Å². The van der Waals surface area contributed by atoms with E-state index in [1.807, 2.05) is 12.1 Å². The fourth-order valence-corrected chi connectivity index (χ4v) is 1.83. The normalized spacial score (nSPS) is 15.8. The van der Waals surface area contributed by atoms with E-state index in [0.29, 0.717) is 5.75 Å². The van der Waals surface area contributed by atoms with Crippen molar-refractivity contribution in [2.45, 2.75) is 25.7 Å². The summed E-state index contributed by atoms with van der Waals surface area (Å²) in [6.45, 7) is 0. The van der Waals surface area contributed by atoms with Crippen LogP contribution in [0, 0.1) is 0 Å². The molecule has 0 saturated carbocycles. The summed E-state index contributed by atoms with van der Waals surface area (Å²) in [4.78, 5) is 0. The van der Waals surface area contributed by atoms with E-state index in [2.05, 4.69) is 12.1 Å². The fourth-order valence-electron chi connectivity index (χ4n) is 1.83. The van der Waals surface area contributed by atoms with E-state index in [-0.39, 0.29) is 0 Å². The lowest BCUT2D eigenvalue weighted by molar-refractivity contribution is 0.474. The number of phenols is 1. The van der Waals surface area contributed by atoms with Gasteiger partial charge in [0, 0.05) is 0 Å². The van der Waals surface area contributed by atoms with E-state index < -0.39 is 0 Å². The lowest BCUT2D eigenvalue weighted by Crippen LogP contribution is -1.86. The second-order valence-electron chi connectivity index (χ2n) is 3.60. The summed E-state index contributed by atoms with van der Waals surface area (Å²) in [5.74, 6) is 0.371. The van der Waals surface area contributed by atoms with E-state index >= 15 is 0 Å². The van der Waals surface area contributed by atoms with Gasteiger partial charge < -0.3 is 5.11 Å². The van der Waals surface area contributed by atoms with Crippen molar-refractivity contribution >= 4 is 0 Å². The summed E-state index contributed by atoms with van der Waals surface area (Å²) >= 11 is 0. The first-order valence-corrected chi connectivity index (χ1v) is 4.80. The number of hydrogen-bond donors (Lipinski definition) is 1. The van der Waals surface area contributed by atoms with Crippen LogP contribution in [0.2, 0.25) is 0 Å². The number of hydrogen-bond acceptors (Lipinski definition) is 1. The van der Waals surface area contributed by atoms with Gasteiger partial charge in [-0.2, -0.15) is 0 Å².